The van der Waals surface area contributed by atoms with Crippen LogP contribution in [0.5, 0.6) is 0 Å². The number of nitro groups is 1. The number of nitrogen functional groups attached to an aromatic ring is 1. The lowest BCUT2D eigenvalue weighted by Gasteiger charge is -1.98. The predicted molar refractivity (Wildman–Crippen MR) is 60.3 cm³/mol. The zero-order valence-electron chi connectivity index (χ0n) is 7.31. The van der Waals surface area contributed by atoms with Crippen molar-refractivity contribution < 1.29 is 4.92 Å². The van der Waals surface area contributed by atoms with Crippen molar-refractivity contribution in [2.45, 2.75) is 0 Å². The summed E-state index contributed by atoms with van der Waals surface area (Å²) in [7, 11) is 0. The third kappa shape index (κ3) is 2.56. The van der Waals surface area contributed by atoms with Gasteiger partial charge in [-0.05, 0) is 12.1 Å². The van der Waals surface area contributed by atoms with Gasteiger partial charge in [0.25, 0.3) is 5.69 Å². The van der Waals surface area contributed by atoms with Crippen LogP contribution >= 0.6 is 15.9 Å². The normalized spacial score (nSPS) is 10.6. The molecule has 0 bridgehead atoms. The summed E-state index contributed by atoms with van der Waals surface area (Å²) >= 11 is 3.20. The number of hydrogen-bond acceptors (Lipinski definition) is 3. The van der Waals surface area contributed by atoms with Crippen molar-refractivity contribution in [2.75, 3.05) is 11.1 Å². The molecule has 0 amide bonds. The Labute approximate surface area is 89.7 Å². The second-order valence-electron chi connectivity index (χ2n) is 2.63. The monoisotopic (exact) mass is 256 g/mol. The Hall–Kier alpha value is -1.36. The lowest BCUT2D eigenvalue weighted by molar-refractivity contribution is -0.385. The van der Waals surface area contributed by atoms with Gasteiger partial charge in [0.05, 0.1) is 10.5 Å². The SMILES string of the molecule is Nc1ccc(C=CCBr)c([N+](=O)[O-])c1. The molecule has 0 heterocycles. The fourth-order valence-electron chi connectivity index (χ4n) is 1.03. The molecular weight excluding hydrogens is 248 g/mol. The van der Waals surface area contributed by atoms with E-state index in [1.54, 1.807) is 24.3 Å². The van der Waals surface area contributed by atoms with E-state index in [2.05, 4.69) is 15.9 Å². The largest absolute Gasteiger partial charge is 0.399 e. The molecule has 5 heteroatoms. The highest BCUT2D eigenvalue weighted by molar-refractivity contribution is 9.09. The maximum absolute atomic E-state index is 10.6. The highest BCUT2D eigenvalue weighted by Crippen LogP contribution is 2.22. The quantitative estimate of drug-likeness (QED) is 0.391. The number of alkyl halides is 1. The van der Waals surface area contributed by atoms with Crippen LogP contribution in [0.1, 0.15) is 5.56 Å². The average molecular weight is 257 g/mol. The zero-order valence-corrected chi connectivity index (χ0v) is 8.90. The van der Waals surface area contributed by atoms with E-state index in [1.807, 2.05) is 0 Å². The van der Waals surface area contributed by atoms with E-state index < -0.39 is 4.92 Å². The maximum atomic E-state index is 10.6. The summed E-state index contributed by atoms with van der Waals surface area (Å²) in [5, 5.41) is 11.3. The summed E-state index contributed by atoms with van der Waals surface area (Å²) < 4.78 is 0. The van der Waals surface area contributed by atoms with Gasteiger partial charge in [0.15, 0.2) is 0 Å². The first-order chi connectivity index (χ1) is 6.65. The Kier molecular flexibility index (Phi) is 3.64. The second-order valence-corrected chi connectivity index (χ2v) is 3.28. The number of halogens is 1. The molecule has 1 aromatic carbocycles. The van der Waals surface area contributed by atoms with Gasteiger partial charge in [0.1, 0.15) is 0 Å². The van der Waals surface area contributed by atoms with Crippen LogP contribution in [0.25, 0.3) is 6.08 Å². The van der Waals surface area contributed by atoms with Crippen LogP contribution in [-0.4, -0.2) is 10.3 Å². The van der Waals surface area contributed by atoms with Gasteiger partial charge in [-0.1, -0.05) is 28.1 Å². The van der Waals surface area contributed by atoms with Gasteiger partial charge in [0, 0.05) is 17.1 Å². The highest BCUT2D eigenvalue weighted by atomic mass is 79.9. The Morgan fingerprint density at radius 1 is 1.57 bits per heavy atom. The lowest BCUT2D eigenvalue weighted by Crippen LogP contribution is -1.94. The molecule has 0 unspecified atom stereocenters. The highest BCUT2D eigenvalue weighted by Gasteiger charge is 2.10. The molecule has 14 heavy (non-hydrogen) atoms. The number of nitrogens with zero attached hydrogens (tertiary/aromatic N) is 1. The third-order valence-electron chi connectivity index (χ3n) is 1.64. The van der Waals surface area contributed by atoms with E-state index >= 15 is 0 Å². The Balaban J connectivity index is 3.15. The Bertz CT molecular complexity index is 377. The number of hydrogen-bond donors (Lipinski definition) is 1. The van der Waals surface area contributed by atoms with Gasteiger partial charge in [-0.2, -0.15) is 0 Å². The average Bonchev–Trinajstić information content (AvgIpc) is 2.15. The van der Waals surface area contributed by atoms with E-state index in [0.717, 1.165) is 0 Å². The lowest BCUT2D eigenvalue weighted by atomic mass is 10.1. The number of rotatable bonds is 3. The summed E-state index contributed by atoms with van der Waals surface area (Å²) in [4.78, 5) is 10.2. The van der Waals surface area contributed by atoms with Gasteiger partial charge >= 0.3 is 0 Å². The smallest absolute Gasteiger partial charge is 0.278 e. The minimum atomic E-state index is -0.440. The molecule has 0 aliphatic rings. The van der Waals surface area contributed by atoms with Gasteiger partial charge in [0.2, 0.25) is 0 Å². The van der Waals surface area contributed by atoms with Crippen LogP contribution in [0, 0.1) is 10.1 Å². The zero-order chi connectivity index (χ0) is 10.6. The molecule has 2 N–H and O–H groups in total. The molecule has 4 nitrogen and oxygen atoms in total. The van der Waals surface area contributed by atoms with Crippen molar-refractivity contribution in [1.82, 2.24) is 0 Å². The van der Waals surface area contributed by atoms with Crippen molar-refractivity contribution in [3.05, 3.63) is 40.0 Å². The van der Waals surface area contributed by atoms with Gasteiger partial charge in [-0.3, -0.25) is 10.1 Å². The molecule has 0 aliphatic carbocycles. The Morgan fingerprint density at radius 2 is 2.29 bits per heavy atom. The number of benzene rings is 1. The molecular formula is C9H9BrN2O2. The molecule has 1 rings (SSSR count). The predicted octanol–water partition coefficient (Wildman–Crippen LogP) is 2.59. The van der Waals surface area contributed by atoms with E-state index in [4.69, 9.17) is 5.73 Å². The van der Waals surface area contributed by atoms with E-state index in [1.165, 1.54) is 6.07 Å². The van der Waals surface area contributed by atoms with Crippen LogP contribution in [0.15, 0.2) is 24.3 Å². The Morgan fingerprint density at radius 3 is 2.86 bits per heavy atom. The molecule has 0 aromatic heterocycles. The molecule has 0 fully saturated rings. The minimum absolute atomic E-state index is 0.0298. The van der Waals surface area contributed by atoms with Crippen molar-refractivity contribution in [1.29, 1.82) is 0 Å². The summed E-state index contributed by atoms with van der Waals surface area (Å²) in [5.41, 5.74) is 6.44. The fourth-order valence-corrected chi connectivity index (χ4v) is 1.22. The van der Waals surface area contributed by atoms with Crippen LogP contribution < -0.4 is 5.73 Å². The van der Waals surface area contributed by atoms with Gasteiger partial charge in [-0.25, -0.2) is 0 Å². The summed E-state index contributed by atoms with van der Waals surface area (Å²) in [6.45, 7) is 0. The summed E-state index contributed by atoms with van der Waals surface area (Å²) in [5.74, 6) is 0. The van der Waals surface area contributed by atoms with E-state index in [-0.39, 0.29) is 5.69 Å². The van der Waals surface area contributed by atoms with Crippen LogP contribution in [0.2, 0.25) is 0 Å². The topological polar surface area (TPSA) is 69.2 Å². The van der Waals surface area contributed by atoms with Crippen LogP contribution in [0.3, 0.4) is 0 Å². The molecule has 0 atom stereocenters. The van der Waals surface area contributed by atoms with Gasteiger partial charge in [-0.15, -0.1) is 0 Å². The van der Waals surface area contributed by atoms with Crippen LogP contribution in [0.4, 0.5) is 11.4 Å². The molecule has 1 aromatic rings. The van der Waals surface area contributed by atoms with Crippen molar-refractivity contribution >= 4 is 33.4 Å². The van der Waals surface area contributed by atoms with Gasteiger partial charge < -0.3 is 5.73 Å². The standard InChI is InChI=1S/C9H9BrN2O2/c10-5-1-2-7-3-4-8(11)6-9(7)12(13)14/h1-4,6H,5,11H2. The number of nitro benzene ring substituents is 1. The third-order valence-corrected chi connectivity index (χ3v) is 2.01. The number of allylic oxidation sites excluding steroid dienone is 1. The van der Waals surface area contributed by atoms with E-state index in [0.29, 0.717) is 16.6 Å². The fraction of sp³-hybridized carbons (Fsp3) is 0.111. The number of anilines is 1. The van der Waals surface area contributed by atoms with Crippen molar-refractivity contribution in [3.63, 3.8) is 0 Å². The molecule has 0 saturated carbocycles. The van der Waals surface area contributed by atoms with Crippen molar-refractivity contribution in [3.8, 4) is 0 Å². The molecule has 0 saturated heterocycles. The van der Waals surface area contributed by atoms with E-state index in [9.17, 15) is 10.1 Å². The number of nitrogens with two attached hydrogens (primary N) is 1. The second kappa shape index (κ2) is 4.76. The minimum Gasteiger partial charge on any atom is -0.399 e. The van der Waals surface area contributed by atoms with Crippen LogP contribution in [-0.2, 0) is 0 Å². The summed E-state index contributed by atoms with van der Waals surface area (Å²) in [6, 6.07) is 4.63. The molecule has 74 valence electrons. The first-order valence-corrected chi connectivity index (χ1v) is 5.03. The molecule has 0 aliphatic heterocycles. The summed E-state index contributed by atoms with van der Waals surface area (Å²) in [6.07, 6.45) is 3.48. The maximum Gasteiger partial charge on any atom is 0.278 e. The first kappa shape index (κ1) is 10.7. The molecule has 0 radical (unpaired) electrons. The first-order valence-electron chi connectivity index (χ1n) is 3.91. The molecule has 0 spiro atoms. The van der Waals surface area contributed by atoms with Crippen molar-refractivity contribution in [2.24, 2.45) is 0 Å².